The van der Waals surface area contributed by atoms with Crippen LogP contribution in [0.15, 0.2) is 48.5 Å². The molecule has 0 bridgehead atoms. The lowest BCUT2D eigenvalue weighted by Gasteiger charge is -2.17. The lowest BCUT2D eigenvalue weighted by Crippen LogP contribution is -2.03. The summed E-state index contributed by atoms with van der Waals surface area (Å²) in [5, 5.41) is 26.7. The van der Waals surface area contributed by atoms with E-state index in [1.165, 1.54) is 11.1 Å². The van der Waals surface area contributed by atoms with E-state index >= 15 is 0 Å². The molecule has 0 aliphatic heterocycles. The van der Waals surface area contributed by atoms with Gasteiger partial charge in [0.2, 0.25) is 0 Å². The third-order valence-corrected chi connectivity index (χ3v) is 7.46. The van der Waals surface area contributed by atoms with Crippen LogP contribution < -0.4 is 10.6 Å². The molecule has 6 nitrogen and oxygen atoms in total. The molecule has 40 heavy (non-hydrogen) atoms. The highest BCUT2D eigenvalue weighted by atomic mass is 16.3. The van der Waals surface area contributed by atoms with Gasteiger partial charge in [-0.25, -0.2) is 9.97 Å². The molecule has 0 unspecified atom stereocenters. The van der Waals surface area contributed by atoms with Gasteiger partial charge in [0, 0.05) is 11.4 Å². The Labute approximate surface area is 239 Å². The average Bonchev–Trinajstić information content (AvgIpc) is 2.93. The predicted molar refractivity (Wildman–Crippen MR) is 168 cm³/mol. The van der Waals surface area contributed by atoms with Crippen molar-refractivity contribution >= 4 is 23.0 Å². The number of nitrogens with one attached hydrogen (secondary N) is 2. The van der Waals surface area contributed by atoms with Crippen molar-refractivity contribution in [3.8, 4) is 11.5 Å². The summed E-state index contributed by atoms with van der Waals surface area (Å²) in [4.78, 5) is 8.94. The number of benzene rings is 2. The number of aryl methyl sites for hydroxylation is 2. The summed E-state index contributed by atoms with van der Waals surface area (Å²) in [7, 11) is 0. The molecule has 4 N–H and O–H groups in total. The molecule has 212 valence electrons. The van der Waals surface area contributed by atoms with Gasteiger partial charge in [0.05, 0.1) is 11.4 Å². The molecular weight excluding hydrogens is 496 g/mol. The number of hydrogen-bond acceptors (Lipinski definition) is 6. The molecule has 4 rings (SSSR count). The maximum atomic E-state index is 9.93. The topological polar surface area (TPSA) is 90.3 Å². The van der Waals surface area contributed by atoms with E-state index in [-0.39, 0.29) is 11.5 Å². The first-order valence-electron chi connectivity index (χ1n) is 13.9. The van der Waals surface area contributed by atoms with Crippen LogP contribution in [0.3, 0.4) is 0 Å². The maximum absolute atomic E-state index is 9.93. The van der Waals surface area contributed by atoms with Crippen molar-refractivity contribution in [1.82, 2.24) is 9.97 Å². The van der Waals surface area contributed by atoms with Crippen molar-refractivity contribution in [3.63, 3.8) is 0 Å². The molecule has 0 saturated carbocycles. The minimum atomic E-state index is 0.283. The average molecular weight is 541 g/mol. The van der Waals surface area contributed by atoms with Gasteiger partial charge in [-0.1, -0.05) is 64.1 Å². The molecule has 0 amide bonds. The summed E-state index contributed by atoms with van der Waals surface area (Å²) in [6.45, 7) is 20.1. The summed E-state index contributed by atoms with van der Waals surface area (Å²) in [6, 6.07) is 16.5. The van der Waals surface area contributed by atoms with Crippen molar-refractivity contribution in [2.75, 3.05) is 10.6 Å². The highest BCUT2D eigenvalue weighted by molar-refractivity contribution is 5.67. The minimum Gasteiger partial charge on any atom is -0.506 e. The smallest absolute Gasteiger partial charge is 0.140 e. The molecule has 0 aliphatic rings. The van der Waals surface area contributed by atoms with Crippen molar-refractivity contribution in [2.24, 2.45) is 0 Å². The van der Waals surface area contributed by atoms with Crippen LogP contribution in [0.25, 0.3) is 0 Å². The fraction of sp³-hybridized carbons (Fsp3) is 0.353. The minimum absolute atomic E-state index is 0.283. The van der Waals surface area contributed by atoms with Crippen molar-refractivity contribution < 1.29 is 10.2 Å². The van der Waals surface area contributed by atoms with Crippen LogP contribution in [0.4, 0.5) is 23.0 Å². The second-order valence-electron chi connectivity index (χ2n) is 11.0. The van der Waals surface area contributed by atoms with E-state index in [1.807, 2.05) is 65.8 Å². The van der Waals surface area contributed by atoms with Gasteiger partial charge in [-0.05, 0) is 98.9 Å². The predicted octanol–water partition coefficient (Wildman–Crippen LogP) is 9.16. The standard InChI is InChI=1S/2C17H22N2O/c2*1-10(2)14-8-6-7-9-15(14)19-17-12(4)11(3)16(20)13(5)18-17/h2*6-10,20H,1-5H3,(H,18,19). The van der Waals surface area contributed by atoms with E-state index in [0.29, 0.717) is 23.2 Å². The maximum Gasteiger partial charge on any atom is 0.140 e. The number of hydrogen-bond donors (Lipinski definition) is 4. The van der Waals surface area contributed by atoms with Crippen LogP contribution >= 0.6 is 0 Å². The second kappa shape index (κ2) is 12.9. The third kappa shape index (κ3) is 6.74. The Kier molecular flexibility index (Phi) is 9.80. The molecule has 0 spiro atoms. The number of para-hydroxylation sites is 2. The quantitative estimate of drug-likeness (QED) is 0.195. The zero-order valence-electron chi connectivity index (χ0n) is 25.6. The van der Waals surface area contributed by atoms with Crippen LogP contribution in [-0.2, 0) is 0 Å². The summed E-state index contributed by atoms with van der Waals surface area (Å²) in [5.41, 5.74) is 9.68. The van der Waals surface area contributed by atoms with E-state index in [0.717, 1.165) is 45.3 Å². The summed E-state index contributed by atoms with van der Waals surface area (Å²) in [6.07, 6.45) is 0. The lowest BCUT2D eigenvalue weighted by molar-refractivity contribution is 0.462. The van der Waals surface area contributed by atoms with Gasteiger partial charge in [0.15, 0.2) is 0 Å². The Balaban J connectivity index is 0.000000220. The molecule has 2 aromatic carbocycles. The van der Waals surface area contributed by atoms with Crippen molar-refractivity contribution in [3.05, 3.63) is 93.3 Å². The SMILES string of the molecule is Cc1nc(Nc2ccccc2C(C)C)c(C)c(C)c1O.Cc1nc(Nc2ccccc2C(C)C)c(C)c(C)c1O. The molecule has 0 saturated heterocycles. The Bertz CT molecular complexity index is 1380. The van der Waals surface area contributed by atoms with Crippen LogP contribution in [-0.4, -0.2) is 20.2 Å². The van der Waals surface area contributed by atoms with Gasteiger partial charge in [-0.3, -0.25) is 0 Å². The highest BCUT2D eigenvalue weighted by Crippen LogP contribution is 2.33. The summed E-state index contributed by atoms with van der Waals surface area (Å²) < 4.78 is 0. The molecular formula is C34H44N4O2. The van der Waals surface area contributed by atoms with Gasteiger partial charge < -0.3 is 20.8 Å². The number of nitrogens with zero attached hydrogens (tertiary/aromatic N) is 2. The lowest BCUT2D eigenvalue weighted by atomic mass is 10.0. The Morgan fingerprint density at radius 1 is 0.525 bits per heavy atom. The third-order valence-electron chi connectivity index (χ3n) is 7.46. The zero-order valence-corrected chi connectivity index (χ0v) is 25.6. The first-order chi connectivity index (χ1) is 18.8. The number of pyridine rings is 2. The van der Waals surface area contributed by atoms with Gasteiger partial charge in [0.1, 0.15) is 23.1 Å². The van der Waals surface area contributed by atoms with Crippen LogP contribution in [0.2, 0.25) is 0 Å². The van der Waals surface area contributed by atoms with Crippen molar-refractivity contribution in [2.45, 2.75) is 81.1 Å². The zero-order chi connectivity index (χ0) is 29.7. The number of aromatic hydroxyl groups is 2. The normalized spacial score (nSPS) is 10.9. The van der Waals surface area contributed by atoms with E-state index in [9.17, 15) is 10.2 Å². The number of rotatable bonds is 6. The molecule has 0 atom stereocenters. The van der Waals surface area contributed by atoms with Gasteiger partial charge in [-0.2, -0.15) is 0 Å². The van der Waals surface area contributed by atoms with Gasteiger partial charge in [-0.15, -0.1) is 0 Å². The molecule has 0 radical (unpaired) electrons. The second-order valence-corrected chi connectivity index (χ2v) is 11.0. The fourth-order valence-corrected chi connectivity index (χ4v) is 4.59. The molecule has 4 aromatic rings. The van der Waals surface area contributed by atoms with E-state index in [1.54, 1.807) is 0 Å². The van der Waals surface area contributed by atoms with E-state index in [2.05, 4.69) is 72.6 Å². The van der Waals surface area contributed by atoms with Crippen LogP contribution in [0, 0.1) is 41.5 Å². The fourth-order valence-electron chi connectivity index (χ4n) is 4.59. The molecule has 6 heteroatoms. The first-order valence-corrected chi connectivity index (χ1v) is 13.9. The number of anilines is 4. The Hall–Kier alpha value is -4.06. The van der Waals surface area contributed by atoms with Crippen LogP contribution in [0.1, 0.15) is 84.3 Å². The van der Waals surface area contributed by atoms with E-state index in [4.69, 9.17) is 0 Å². The first kappa shape index (κ1) is 30.5. The Morgan fingerprint density at radius 2 is 0.850 bits per heavy atom. The molecule has 2 heterocycles. The summed E-state index contributed by atoms with van der Waals surface area (Å²) >= 11 is 0. The molecule has 0 fully saturated rings. The summed E-state index contributed by atoms with van der Waals surface area (Å²) in [5.74, 6) is 3.07. The highest BCUT2D eigenvalue weighted by Gasteiger charge is 2.14. The molecule has 2 aromatic heterocycles. The van der Waals surface area contributed by atoms with Crippen LogP contribution in [0.5, 0.6) is 11.5 Å². The van der Waals surface area contributed by atoms with Gasteiger partial charge in [0.25, 0.3) is 0 Å². The number of aromatic nitrogens is 2. The van der Waals surface area contributed by atoms with E-state index < -0.39 is 0 Å². The molecule has 0 aliphatic carbocycles. The van der Waals surface area contributed by atoms with Crippen molar-refractivity contribution in [1.29, 1.82) is 0 Å². The largest absolute Gasteiger partial charge is 0.506 e. The Morgan fingerprint density at radius 3 is 1.18 bits per heavy atom. The van der Waals surface area contributed by atoms with Gasteiger partial charge >= 0.3 is 0 Å². The monoisotopic (exact) mass is 540 g/mol.